The van der Waals surface area contributed by atoms with E-state index in [-0.39, 0.29) is 17.2 Å². The fourth-order valence-corrected chi connectivity index (χ4v) is 3.91. The van der Waals surface area contributed by atoms with Crippen molar-refractivity contribution in [1.29, 1.82) is 0 Å². The zero-order valence-electron chi connectivity index (χ0n) is 15.3. The second-order valence-electron chi connectivity index (χ2n) is 6.44. The Morgan fingerprint density at radius 2 is 1.79 bits per heavy atom. The number of rotatable bonds is 5. The van der Waals surface area contributed by atoms with Gasteiger partial charge in [0, 0.05) is 13.1 Å². The zero-order valence-corrected chi connectivity index (χ0v) is 16.1. The maximum Gasteiger partial charge on any atom is 0.274 e. The Kier molecular flexibility index (Phi) is 4.99. The van der Waals surface area contributed by atoms with Crippen LogP contribution in [0.4, 0.5) is 0 Å². The monoisotopic (exact) mass is 390 g/mol. The van der Waals surface area contributed by atoms with Gasteiger partial charge in [0.05, 0.1) is 23.3 Å². The first kappa shape index (κ1) is 18.1. The van der Waals surface area contributed by atoms with Crippen molar-refractivity contribution in [1.82, 2.24) is 19.7 Å². The van der Waals surface area contributed by atoms with Gasteiger partial charge in [0.1, 0.15) is 10.7 Å². The molecule has 6 nitrogen and oxygen atoms in total. The lowest BCUT2D eigenvalue weighted by Crippen LogP contribution is -2.31. The molecule has 0 bridgehead atoms. The number of amides is 1. The summed E-state index contributed by atoms with van der Waals surface area (Å²) in [4.78, 5) is 31.1. The maximum atomic E-state index is 12.8. The summed E-state index contributed by atoms with van der Waals surface area (Å²) in [7, 11) is 1.71. The highest BCUT2D eigenvalue weighted by Crippen LogP contribution is 2.22. The molecule has 7 heteroatoms. The Morgan fingerprint density at radius 3 is 2.57 bits per heavy atom. The van der Waals surface area contributed by atoms with Crippen LogP contribution in [0.25, 0.3) is 10.2 Å². The molecule has 2 aromatic heterocycles. The number of carbonyl (C=O) groups excluding carboxylic acids is 1. The summed E-state index contributed by atoms with van der Waals surface area (Å²) in [6.45, 7) is 0.708. The van der Waals surface area contributed by atoms with E-state index >= 15 is 0 Å². The van der Waals surface area contributed by atoms with Crippen molar-refractivity contribution in [3.05, 3.63) is 93.3 Å². The van der Waals surface area contributed by atoms with Crippen LogP contribution >= 0.6 is 11.3 Å². The topological polar surface area (TPSA) is 68.1 Å². The lowest BCUT2D eigenvalue weighted by molar-refractivity contribution is 0.0776. The van der Waals surface area contributed by atoms with Gasteiger partial charge in [-0.2, -0.15) is 5.10 Å². The molecule has 4 aromatic rings. The van der Waals surface area contributed by atoms with E-state index in [1.165, 1.54) is 16.8 Å². The number of benzene rings is 2. The molecule has 4 rings (SSSR count). The van der Waals surface area contributed by atoms with Crippen LogP contribution in [0.1, 0.15) is 21.1 Å². The van der Waals surface area contributed by atoms with Crippen molar-refractivity contribution in [3.63, 3.8) is 0 Å². The minimum atomic E-state index is -0.249. The van der Waals surface area contributed by atoms with Gasteiger partial charge in [-0.1, -0.05) is 42.5 Å². The highest BCUT2D eigenvalue weighted by atomic mass is 32.1. The number of para-hydroxylation sites is 1. The lowest BCUT2D eigenvalue weighted by Gasteiger charge is -2.15. The van der Waals surface area contributed by atoms with Crippen molar-refractivity contribution in [2.45, 2.75) is 13.1 Å². The first-order valence-corrected chi connectivity index (χ1v) is 9.64. The molecule has 0 aliphatic carbocycles. The first-order valence-electron chi connectivity index (χ1n) is 8.82. The number of fused-ring (bicyclic) bond motifs is 1. The van der Waals surface area contributed by atoms with Crippen molar-refractivity contribution in [3.8, 4) is 0 Å². The average molecular weight is 390 g/mol. The van der Waals surface area contributed by atoms with Gasteiger partial charge in [-0.3, -0.25) is 9.59 Å². The van der Waals surface area contributed by atoms with Gasteiger partial charge >= 0.3 is 0 Å². The van der Waals surface area contributed by atoms with Crippen molar-refractivity contribution in [2.75, 3.05) is 7.05 Å². The molecule has 0 saturated heterocycles. The van der Waals surface area contributed by atoms with Gasteiger partial charge in [-0.25, -0.2) is 9.67 Å². The molecule has 140 valence electrons. The smallest absolute Gasteiger partial charge is 0.274 e. The van der Waals surface area contributed by atoms with Crippen molar-refractivity contribution >= 4 is 27.5 Å². The van der Waals surface area contributed by atoms with E-state index in [9.17, 15) is 9.59 Å². The molecule has 0 radical (unpaired) electrons. The number of nitrogens with zero attached hydrogens (tertiary/aromatic N) is 4. The molecule has 2 heterocycles. The third kappa shape index (κ3) is 3.84. The Bertz CT molecular complexity index is 1150. The summed E-state index contributed by atoms with van der Waals surface area (Å²) < 4.78 is 2.40. The SMILES string of the molecule is CN(Cc1nc2ccccc2s1)C(=O)c1ccc(=O)n(Cc2ccccc2)n1. The Balaban J connectivity index is 1.53. The standard InChI is InChI=1S/C21H18N4O2S/c1-24(14-19-22-16-9-5-6-10-18(16)28-19)21(27)17-11-12-20(26)25(23-17)13-15-7-3-2-4-8-15/h2-12H,13-14H2,1H3. The third-order valence-corrected chi connectivity index (χ3v) is 5.34. The van der Waals surface area contributed by atoms with Gasteiger partial charge in [0.25, 0.3) is 11.5 Å². The molecule has 0 aliphatic heterocycles. The fourth-order valence-electron chi connectivity index (χ4n) is 2.89. The minimum absolute atomic E-state index is 0.235. The van der Waals surface area contributed by atoms with E-state index in [1.807, 2.05) is 54.6 Å². The van der Waals surface area contributed by atoms with Gasteiger partial charge in [-0.15, -0.1) is 11.3 Å². The molecule has 1 amide bonds. The van der Waals surface area contributed by atoms with E-state index in [0.717, 1.165) is 20.8 Å². The summed E-state index contributed by atoms with van der Waals surface area (Å²) in [5.74, 6) is -0.249. The molecule has 2 aromatic carbocycles. The highest BCUT2D eigenvalue weighted by molar-refractivity contribution is 7.18. The highest BCUT2D eigenvalue weighted by Gasteiger charge is 2.17. The van der Waals surface area contributed by atoms with Crippen LogP contribution in [-0.2, 0) is 13.1 Å². The quantitative estimate of drug-likeness (QED) is 0.525. The van der Waals surface area contributed by atoms with E-state index < -0.39 is 0 Å². The molecule has 0 fully saturated rings. The normalized spacial score (nSPS) is 10.9. The molecule has 0 aliphatic rings. The maximum absolute atomic E-state index is 12.8. The summed E-state index contributed by atoms with van der Waals surface area (Å²) >= 11 is 1.56. The summed E-state index contributed by atoms with van der Waals surface area (Å²) in [6, 6.07) is 20.3. The van der Waals surface area contributed by atoms with Crippen LogP contribution in [-0.4, -0.2) is 32.6 Å². The zero-order chi connectivity index (χ0) is 19.5. The van der Waals surface area contributed by atoms with Crippen LogP contribution in [0.15, 0.2) is 71.5 Å². The fraction of sp³-hybridized carbons (Fsp3) is 0.143. The van der Waals surface area contributed by atoms with Gasteiger partial charge in [0.15, 0.2) is 0 Å². The number of hydrogen-bond acceptors (Lipinski definition) is 5. The molecular formula is C21H18N4O2S. The van der Waals surface area contributed by atoms with Crippen LogP contribution in [0.5, 0.6) is 0 Å². The molecule has 0 N–H and O–H groups in total. The predicted octanol–water partition coefficient (Wildman–Crippen LogP) is 3.17. The largest absolute Gasteiger partial charge is 0.334 e. The van der Waals surface area contributed by atoms with Crippen LogP contribution in [0.3, 0.4) is 0 Å². The predicted molar refractivity (Wildman–Crippen MR) is 109 cm³/mol. The summed E-state index contributed by atoms with van der Waals surface area (Å²) in [5.41, 5.74) is 1.87. The van der Waals surface area contributed by atoms with Crippen LogP contribution in [0, 0.1) is 0 Å². The summed E-state index contributed by atoms with van der Waals surface area (Å²) in [5, 5.41) is 5.13. The van der Waals surface area contributed by atoms with Gasteiger partial charge in [0.2, 0.25) is 0 Å². The van der Waals surface area contributed by atoms with E-state index in [4.69, 9.17) is 0 Å². The Hall–Kier alpha value is -3.32. The van der Waals surface area contributed by atoms with Crippen LogP contribution < -0.4 is 5.56 Å². The first-order chi connectivity index (χ1) is 13.6. The number of carbonyl (C=O) groups is 1. The minimum Gasteiger partial charge on any atom is -0.334 e. The third-order valence-electron chi connectivity index (χ3n) is 4.32. The molecule has 0 atom stereocenters. The molecule has 0 saturated carbocycles. The number of thiazole rings is 1. The second kappa shape index (κ2) is 7.74. The van der Waals surface area contributed by atoms with E-state index in [1.54, 1.807) is 23.3 Å². The number of hydrogen-bond donors (Lipinski definition) is 0. The van der Waals surface area contributed by atoms with Crippen molar-refractivity contribution in [2.24, 2.45) is 0 Å². The Morgan fingerprint density at radius 1 is 1.04 bits per heavy atom. The summed E-state index contributed by atoms with van der Waals surface area (Å²) in [6.07, 6.45) is 0. The van der Waals surface area contributed by atoms with Gasteiger partial charge in [-0.05, 0) is 23.8 Å². The average Bonchev–Trinajstić information content (AvgIpc) is 3.12. The lowest BCUT2D eigenvalue weighted by atomic mass is 10.2. The molecule has 28 heavy (non-hydrogen) atoms. The molecule has 0 unspecified atom stereocenters. The van der Waals surface area contributed by atoms with E-state index in [0.29, 0.717) is 13.1 Å². The van der Waals surface area contributed by atoms with Crippen LogP contribution in [0.2, 0.25) is 0 Å². The molecule has 0 spiro atoms. The molecular weight excluding hydrogens is 372 g/mol. The van der Waals surface area contributed by atoms with Gasteiger partial charge < -0.3 is 4.90 Å². The Labute approximate surface area is 165 Å². The second-order valence-corrected chi connectivity index (χ2v) is 7.55. The van der Waals surface area contributed by atoms with Crippen molar-refractivity contribution < 1.29 is 4.79 Å². The number of aromatic nitrogens is 3. The van der Waals surface area contributed by atoms with E-state index in [2.05, 4.69) is 10.1 Å².